The van der Waals surface area contributed by atoms with Crippen molar-refractivity contribution >= 4 is 17.7 Å². The number of carboxylic acids is 1. The van der Waals surface area contributed by atoms with E-state index < -0.39 is 18.1 Å². The molecule has 1 aliphatic rings. The van der Waals surface area contributed by atoms with Crippen LogP contribution in [0.25, 0.3) is 0 Å². The first-order chi connectivity index (χ1) is 9.79. The molecule has 0 fully saturated rings. The summed E-state index contributed by atoms with van der Waals surface area (Å²) in [6.45, 7) is 6.42. The Bertz CT molecular complexity index is 551. The zero-order valence-electron chi connectivity index (χ0n) is 12.5. The maximum atomic E-state index is 12.2. The molecule has 0 aromatic carbocycles. The van der Waals surface area contributed by atoms with E-state index >= 15 is 0 Å². The van der Waals surface area contributed by atoms with Gasteiger partial charge in [0.25, 0.3) is 0 Å². The van der Waals surface area contributed by atoms with Crippen LogP contribution in [0.15, 0.2) is 18.5 Å². The first-order valence-corrected chi connectivity index (χ1v) is 6.91. The van der Waals surface area contributed by atoms with Gasteiger partial charge in [-0.1, -0.05) is 20.8 Å². The molecule has 114 valence electrons. The summed E-state index contributed by atoms with van der Waals surface area (Å²) in [5.74, 6) is -1.04. The number of nitrogens with zero attached hydrogens (tertiary/aromatic N) is 2. The number of hydrogen-bond acceptors (Lipinski definition) is 4. The smallest absolute Gasteiger partial charge is 0.415 e. The van der Waals surface area contributed by atoms with Crippen molar-refractivity contribution in [3.05, 3.63) is 24.0 Å². The van der Waals surface area contributed by atoms with Crippen LogP contribution in [-0.2, 0) is 16.0 Å². The molecular weight excluding hydrogens is 272 g/mol. The Balaban J connectivity index is 2.11. The van der Waals surface area contributed by atoms with E-state index in [1.54, 1.807) is 12.3 Å². The lowest BCUT2D eigenvalue weighted by Gasteiger charge is -2.23. The topological polar surface area (TPSA) is 79.7 Å². The lowest BCUT2D eigenvalue weighted by Crippen LogP contribution is -2.43. The second-order valence-electron chi connectivity index (χ2n) is 6.36. The molecule has 1 N–H and O–H groups in total. The minimum Gasteiger partial charge on any atom is -0.480 e. The van der Waals surface area contributed by atoms with Crippen molar-refractivity contribution in [2.75, 3.05) is 11.5 Å². The number of hydrogen-bond donors (Lipinski definition) is 1. The van der Waals surface area contributed by atoms with Crippen LogP contribution in [0.5, 0.6) is 0 Å². The number of rotatable bonds is 3. The van der Waals surface area contributed by atoms with Crippen LogP contribution in [0.4, 0.5) is 10.5 Å². The maximum absolute atomic E-state index is 12.2. The van der Waals surface area contributed by atoms with Gasteiger partial charge in [0.1, 0.15) is 6.04 Å². The second-order valence-corrected chi connectivity index (χ2v) is 6.36. The Labute approximate surface area is 123 Å². The van der Waals surface area contributed by atoms with Gasteiger partial charge in [-0.25, -0.2) is 9.59 Å². The molecule has 1 atom stereocenters. The monoisotopic (exact) mass is 292 g/mol. The third-order valence-corrected chi connectivity index (χ3v) is 3.43. The van der Waals surface area contributed by atoms with E-state index in [2.05, 4.69) is 25.8 Å². The van der Waals surface area contributed by atoms with E-state index in [1.165, 1.54) is 11.1 Å². The van der Waals surface area contributed by atoms with Crippen molar-refractivity contribution in [3.8, 4) is 0 Å². The van der Waals surface area contributed by atoms with Gasteiger partial charge in [0.2, 0.25) is 0 Å². The van der Waals surface area contributed by atoms with Crippen LogP contribution in [-0.4, -0.2) is 34.8 Å². The summed E-state index contributed by atoms with van der Waals surface area (Å²) in [7, 11) is 0. The van der Waals surface area contributed by atoms with Crippen molar-refractivity contribution in [1.29, 1.82) is 0 Å². The lowest BCUT2D eigenvalue weighted by molar-refractivity contribution is -0.138. The van der Waals surface area contributed by atoms with Crippen LogP contribution >= 0.6 is 0 Å². The fourth-order valence-corrected chi connectivity index (χ4v) is 2.21. The Morgan fingerprint density at radius 3 is 2.81 bits per heavy atom. The highest BCUT2D eigenvalue weighted by Gasteiger charge is 2.39. The van der Waals surface area contributed by atoms with Crippen LogP contribution < -0.4 is 4.90 Å². The van der Waals surface area contributed by atoms with Gasteiger partial charge in [-0.3, -0.25) is 9.88 Å². The molecule has 2 heterocycles. The molecule has 0 radical (unpaired) electrons. The maximum Gasteiger partial charge on any atom is 0.415 e. The van der Waals surface area contributed by atoms with Gasteiger partial charge in [-0.15, -0.1) is 0 Å². The van der Waals surface area contributed by atoms with Crippen molar-refractivity contribution in [1.82, 2.24) is 4.98 Å². The number of anilines is 1. The highest BCUT2D eigenvalue weighted by molar-refractivity contribution is 5.98. The average molecular weight is 292 g/mol. The van der Waals surface area contributed by atoms with Crippen molar-refractivity contribution < 1.29 is 19.4 Å². The molecule has 1 amide bonds. The number of carboxylic acid groups (broad SMARTS) is 1. The Hall–Kier alpha value is -2.11. The molecule has 2 rings (SSSR count). The molecule has 1 unspecified atom stereocenters. The van der Waals surface area contributed by atoms with Crippen molar-refractivity contribution in [2.45, 2.75) is 39.7 Å². The fourth-order valence-electron chi connectivity index (χ4n) is 2.21. The van der Waals surface area contributed by atoms with E-state index in [-0.39, 0.29) is 18.4 Å². The van der Waals surface area contributed by atoms with Gasteiger partial charge in [0, 0.05) is 12.6 Å². The molecule has 6 heteroatoms. The number of amides is 1. The standard InChI is InChI=1S/C15H20N2O4/c1-15(2,3)5-7-21-14(20)17-11(13(18)19)8-10-4-6-16-9-12(10)17/h4,6,9,11H,5,7-8H2,1-3H3,(H,18,19). The largest absolute Gasteiger partial charge is 0.480 e. The summed E-state index contributed by atoms with van der Waals surface area (Å²) in [5, 5.41) is 9.29. The van der Waals surface area contributed by atoms with Gasteiger partial charge in [0.05, 0.1) is 18.5 Å². The minimum absolute atomic E-state index is 0.0525. The molecule has 1 aliphatic heterocycles. The molecule has 0 aliphatic carbocycles. The molecule has 0 bridgehead atoms. The summed E-state index contributed by atoms with van der Waals surface area (Å²) < 4.78 is 5.24. The van der Waals surface area contributed by atoms with E-state index in [4.69, 9.17) is 4.74 Å². The molecule has 0 saturated heterocycles. The predicted octanol–water partition coefficient (Wildman–Crippen LogP) is 2.47. The van der Waals surface area contributed by atoms with Crippen LogP contribution in [0.1, 0.15) is 32.8 Å². The first kappa shape index (κ1) is 15.3. The average Bonchev–Trinajstić information content (AvgIpc) is 2.76. The normalized spacial score (nSPS) is 17.5. The number of aromatic nitrogens is 1. The van der Waals surface area contributed by atoms with E-state index in [0.717, 1.165) is 5.56 Å². The summed E-state index contributed by atoms with van der Waals surface area (Å²) in [5.41, 5.74) is 1.37. The number of carbonyl (C=O) groups is 2. The highest BCUT2D eigenvalue weighted by atomic mass is 16.6. The summed E-state index contributed by atoms with van der Waals surface area (Å²) in [4.78, 5) is 28.7. The molecule has 1 aromatic rings. The second kappa shape index (κ2) is 5.71. The van der Waals surface area contributed by atoms with Crippen molar-refractivity contribution in [3.63, 3.8) is 0 Å². The Morgan fingerprint density at radius 1 is 1.48 bits per heavy atom. The number of pyridine rings is 1. The number of ether oxygens (including phenoxy) is 1. The summed E-state index contributed by atoms with van der Waals surface area (Å²) >= 11 is 0. The van der Waals surface area contributed by atoms with Gasteiger partial charge in [-0.2, -0.15) is 0 Å². The zero-order chi connectivity index (χ0) is 15.6. The van der Waals surface area contributed by atoms with E-state index in [1.807, 2.05) is 0 Å². The Kier molecular flexibility index (Phi) is 4.16. The fraction of sp³-hybridized carbons (Fsp3) is 0.533. The zero-order valence-corrected chi connectivity index (χ0v) is 12.5. The quantitative estimate of drug-likeness (QED) is 0.925. The predicted molar refractivity (Wildman–Crippen MR) is 77.3 cm³/mol. The Morgan fingerprint density at radius 2 is 2.19 bits per heavy atom. The summed E-state index contributed by atoms with van der Waals surface area (Å²) in [6, 6.07) is 0.805. The first-order valence-electron chi connectivity index (χ1n) is 6.91. The number of aliphatic carboxylic acids is 1. The van der Waals surface area contributed by atoms with Crippen molar-refractivity contribution in [2.24, 2.45) is 5.41 Å². The van der Waals surface area contributed by atoms with Gasteiger partial charge < -0.3 is 9.84 Å². The SMILES string of the molecule is CC(C)(C)CCOC(=O)N1c2cnccc2CC1C(=O)O. The molecule has 6 nitrogen and oxygen atoms in total. The third-order valence-electron chi connectivity index (χ3n) is 3.43. The summed E-state index contributed by atoms with van der Waals surface area (Å²) in [6.07, 6.45) is 3.46. The number of fused-ring (bicyclic) bond motifs is 1. The highest BCUT2D eigenvalue weighted by Crippen LogP contribution is 2.32. The number of carbonyl (C=O) groups excluding carboxylic acids is 1. The molecule has 0 spiro atoms. The molecule has 1 aromatic heterocycles. The third kappa shape index (κ3) is 3.51. The van der Waals surface area contributed by atoms with Crippen LogP contribution in [0.2, 0.25) is 0 Å². The van der Waals surface area contributed by atoms with Crippen LogP contribution in [0.3, 0.4) is 0 Å². The minimum atomic E-state index is -1.04. The molecular formula is C15H20N2O4. The van der Waals surface area contributed by atoms with Gasteiger partial charge in [0.15, 0.2) is 0 Å². The molecule has 0 saturated carbocycles. The van der Waals surface area contributed by atoms with Gasteiger partial charge >= 0.3 is 12.1 Å². The van der Waals surface area contributed by atoms with E-state index in [0.29, 0.717) is 12.1 Å². The van der Waals surface area contributed by atoms with E-state index in [9.17, 15) is 14.7 Å². The van der Waals surface area contributed by atoms with Gasteiger partial charge in [-0.05, 0) is 23.5 Å². The lowest BCUT2D eigenvalue weighted by atomic mass is 9.93. The van der Waals surface area contributed by atoms with Crippen LogP contribution in [0, 0.1) is 5.41 Å². The molecule has 21 heavy (non-hydrogen) atoms.